The summed E-state index contributed by atoms with van der Waals surface area (Å²) in [5.41, 5.74) is 5.47. The molecule has 0 saturated heterocycles. The molecule has 0 amide bonds. The second-order valence-electron chi connectivity index (χ2n) is 5.95. The summed E-state index contributed by atoms with van der Waals surface area (Å²) in [6, 6.07) is 15.7. The Morgan fingerprint density at radius 3 is 2.90 bits per heavy atom. The van der Waals surface area contributed by atoms with Crippen LogP contribution < -0.4 is 10.2 Å². The number of nitrogens with one attached hydrogen (secondary N) is 1. The molecule has 0 fully saturated rings. The van der Waals surface area contributed by atoms with Crippen LogP contribution in [0.3, 0.4) is 0 Å². The number of hydrazone groups is 1. The number of carbonyl (C=O) groups excluding carboxylic acids is 1. The summed E-state index contributed by atoms with van der Waals surface area (Å²) in [5, 5.41) is 6.66. The van der Waals surface area contributed by atoms with Crippen molar-refractivity contribution in [2.45, 2.75) is 20.0 Å². The summed E-state index contributed by atoms with van der Waals surface area (Å²) in [4.78, 5) is 15.9. The molecule has 1 heterocycles. The molecule has 2 aromatic carbocycles. The van der Waals surface area contributed by atoms with Gasteiger partial charge in [-0.1, -0.05) is 46.3 Å². The molecule has 0 aliphatic rings. The van der Waals surface area contributed by atoms with E-state index in [0.29, 0.717) is 24.0 Å². The molecule has 3 aromatic rings. The molecule has 0 spiro atoms. The second-order valence-corrected chi connectivity index (χ2v) is 7.73. The number of hydrogen-bond donors (Lipinski definition) is 1. The van der Waals surface area contributed by atoms with Crippen LogP contribution in [0, 0.1) is 0 Å². The third kappa shape index (κ3) is 6.69. The molecule has 0 aliphatic carbocycles. The van der Waals surface area contributed by atoms with Crippen LogP contribution in [0.5, 0.6) is 5.75 Å². The fourth-order valence-electron chi connectivity index (χ4n) is 2.43. The molecule has 150 valence electrons. The quantitative estimate of drug-likeness (QED) is 0.267. The van der Waals surface area contributed by atoms with Gasteiger partial charge in [0.1, 0.15) is 12.4 Å². The highest BCUT2D eigenvalue weighted by atomic mass is 79.9. The van der Waals surface area contributed by atoms with Crippen LogP contribution >= 0.6 is 27.3 Å². The topological polar surface area (TPSA) is 72.8 Å². The van der Waals surface area contributed by atoms with E-state index in [2.05, 4.69) is 31.4 Å². The minimum atomic E-state index is -0.289. The number of rotatable bonds is 9. The van der Waals surface area contributed by atoms with Crippen LogP contribution in [0.2, 0.25) is 0 Å². The SMILES string of the molecule is CCOC(=O)Cc1csc(NN=Cc2ccc(Br)cc2OCc2ccccc2)n1. The fraction of sp³-hybridized carbons (Fsp3) is 0.190. The summed E-state index contributed by atoms with van der Waals surface area (Å²) in [7, 11) is 0. The third-order valence-corrected chi connectivity index (χ3v) is 5.05. The number of carbonyl (C=O) groups is 1. The normalized spacial score (nSPS) is 10.8. The van der Waals surface area contributed by atoms with E-state index in [-0.39, 0.29) is 12.4 Å². The van der Waals surface area contributed by atoms with Gasteiger partial charge in [-0.25, -0.2) is 4.98 Å². The molecule has 6 nitrogen and oxygen atoms in total. The van der Waals surface area contributed by atoms with Crippen molar-refractivity contribution in [1.82, 2.24) is 4.98 Å². The highest BCUT2D eigenvalue weighted by Crippen LogP contribution is 2.24. The molecule has 29 heavy (non-hydrogen) atoms. The van der Waals surface area contributed by atoms with E-state index < -0.39 is 0 Å². The van der Waals surface area contributed by atoms with Gasteiger partial charge >= 0.3 is 5.97 Å². The van der Waals surface area contributed by atoms with Gasteiger partial charge in [0, 0.05) is 15.4 Å². The molecule has 3 rings (SSSR count). The predicted octanol–water partition coefficient (Wildman–Crippen LogP) is 5.04. The first-order valence-electron chi connectivity index (χ1n) is 8.99. The van der Waals surface area contributed by atoms with Gasteiger partial charge < -0.3 is 9.47 Å². The molecule has 0 radical (unpaired) electrons. The summed E-state index contributed by atoms with van der Waals surface area (Å²) in [6.07, 6.45) is 1.83. The molecule has 0 atom stereocenters. The number of aromatic nitrogens is 1. The van der Waals surface area contributed by atoms with Crippen LogP contribution in [-0.2, 0) is 22.6 Å². The molecule has 0 saturated carbocycles. The second kappa shape index (κ2) is 10.7. The van der Waals surface area contributed by atoms with Crippen molar-refractivity contribution in [1.29, 1.82) is 0 Å². The van der Waals surface area contributed by atoms with Gasteiger partial charge in [-0.3, -0.25) is 10.2 Å². The molecule has 8 heteroatoms. The summed E-state index contributed by atoms with van der Waals surface area (Å²) in [6.45, 7) is 2.61. The lowest BCUT2D eigenvalue weighted by Crippen LogP contribution is -2.07. The predicted molar refractivity (Wildman–Crippen MR) is 119 cm³/mol. The van der Waals surface area contributed by atoms with E-state index in [9.17, 15) is 4.79 Å². The van der Waals surface area contributed by atoms with Crippen LogP contribution in [0.4, 0.5) is 5.13 Å². The van der Waals surface area contributed by atoms with E-state index in [4.69, 9.17) is 9.47 Å². The number of nitrogens with zero attached hydrogens (tertiary/aromatic N) is 2. The Morgan fingerprint density at radius 2 is 2.10 bits per heavy atom. The minimum absolute atomic E-state index is 0.153. The van der Waals surface area contributed by atoms with E-state index >= 15 is 0 Å². The van der Waals surface area contributed by atoms with Crippen molar-refractivity contribution in [3.05, 3.63) is 75.2 Å². The summed E-state index contributed by atoms with van der Waals surface area (Å²) in [5.74, 6) is 0.429. The number of hydrogen-bond acceptors (Lipinski definition) is 7. The van der Waals surface area contributed by atoms with Crippen molar-refractivity contribution >= 4 is 44.6 Å². The van der Waals surface area contributed by atoms with E-state index in [1.165, 1.54) is 11.3 Å². The Bertz CT molecular complexity index is 976. The fourth-order valence-corrected chi connectivity index (χ4v) is 3.43. The maximum absolute atomic E-state index is 11.5. The number of esters is 1. The molecule has 1 aromatic heterocycles. The highest BCUT2D eigenvalue weighted by Gasteiger charge is 2.08. The Hall–Kier alpha value is -2.71. The monoisotopic (exact) mass is 473 g/mol. The van der Waals surface area contributed by atoms with E-state index in [0.717, 1.165) is 21.3 Å². The zero-order valence-corrected chi connectivity index (χ0v) is 18.2. The van der Waals surface area contributed by atoms with Crippen molar-refractivity contribution in [3.63, 3.8) is 0 Å². The first-order chi connectivity index (χ1) is 14.1. The zero-order chi connectivity index (χ0) is 20.5. The lowest BCUT2D eigenvalue weighted by molar-refractivity contribution is -0.142. The van der Waals surface area contributed by atoms with Gasteiger partial charge in [0.2, 0.25) is 5.13 Å². The summed E-state index contributed by atoms with van der Waals surface area (Å²) < 4.78 is 11.8. The minimum Gasteiger partial charge on any atom is -0.488 e. The van der Waals surface area contributed by atoms with Gasteiger partial charge in [0.25, 0.3) is 0 Å². The van der Waals surface area contributed by atoms with Crippen LogP contribution in [0.15, 0.2) is 63.5 Å². The van der Waals surface area contributed by atoms with E-state index in [1.807, 2.05) is 53.9 Å². The Kier molecular flexibility index (Phi) is 7.77. The number of thiazole rings is 1. The maximum atomic E-state index is 11.5. The van der Waals surface area contributed by atoms with Crippen molar-refractivity contribution in [2.75, 3.05) is 12.0 Å². The first kappa shape index (κ1) is 21.0. The summed E-state index contributed by atoms with van der Waals surface area (Å²) >= 11 is 4.85. The zero-order valence-electron chi connectivity index (χ0n) is 15.8. The third-order valence-electron chi connectivity index (χ3n) is 3.76. The van der Waals surface area contributed by atoms with Crippen molar-refractivity contribution in [2.24, 2.45) is 5.10 Å². The van der Waals surface area contributed by atoms with Crippen molar-refractivity contribution in [3.8, 4) is 5.75 Å². The van der Waals surface area contributed by atoms with Gasteiger partial charge in [-0.05, 0) is 30.7 Å². The molecular formula is C21H20BrN3O3S. The van der Waals surface area contributed by atoms with E-state index in [1.54, 1.807) is 13.1 Å². The van der Waals surface area contributed by atoms with Crippen LogP contribution in [0.1, 0.15) is 23.7 Å². The maximum Gasteiger partial charge on any atom is 0.311 e. The average molecular weight is 474 g/mol. The number of ether oxygens (including phenoxy) is 2. The lowest BCUT2D eigenvalue weighted by Gasteiger charge is -2.09. The van der Waals surface area contributed by atoms with Gasteiger partial charge in [0.05, 0.1) is 24.9 Å². The standard InChI is InChI=1S/C21H20BrN3O3S/c1-2-27-20(26)11-18-14-29-21(24-18)25-23-12-16-8-9-17(22)10-19(16)28-13-15-6-4-3-5-7-15/h3-10,12,14H,2,11,13H2,1H3,(H,24,25). The smallest absolute Gasteiger partial charge is 0.311 e. The molecular weight excluding hydrogens is 454 g/mol. The molecule has 0 bridgehead atoms. The Labute approximate surface area is 181 Å². The van der Waals surface area contributed by atoms with Gasteiger partial charge in [-0.15, -0.1) is 11.3 Å². The Balaban J connectivity index is 1.61. The number of benzene rings is 2. The highest BCUT2D eigenvalue weighted by molar-refractivity contribution is 9.10. The molecule has 1 N–H and O–H groups in total. The molecule has 0 aliphatic heterocycles. The van der Waals surface area contributed by atoms with Crippen LogP contribution in [-0.4, -0.2) is 23.8 Å². The largest absolute Gasteiger partial charge is 0.488 e. The Morgan fingerprint density at radius 1 is 1.28 bits per heavy atom. The average Bonchev–Trinajstić information content (AvgIpc) is 3.16. The van der Waals surface area contributed by atoms with Gasteiger partial charge in [0.15, 0.2) is 0 Å². The number of halogens is 1. The number of anilines is 1. The first-order valence-corrected chi connectivity index (χ1v) is 10.7. The molecule has 0 unspecified atom stereocenters. The van der Waals surface area contributed by atoms with Crippen molar-refractivity contribution < 1.29 is 14.3 Å². The lowest BCUT2D eigenvalue weighted by atomic mass is 10.2. The van der Waals surface area contributed by atoms with Gasteiger partial charge in [-0.2, -0.15) is 5.10 Å². The van der Waals surface area contributed by atoms with Crippen LogP contribution in [0.25, 0.3) is 0 Å².